The van der Waals surface area contributed by atoms with E-state index in [1.165, 1.54) is 32.2 Å². The van der Waals surface area contributed by atoms with Crippen LogP contribution in [0, 0.1) is 5.41 Å². The standard InChI is InChI=1S/C14H27NO/c1-11(16-5)12-7-9-14(13(2,3)4)8-6-10-15(12)14/h11-12H,6-10H2,1-5H3. The molecule has 0 bridgehead atoms. The molecule has 2 heteroatoms. The van der Waals surface area contributed by atoms with Gasteiger partial charge in [-0.15, -0.1) is 0 Å². The topological polar surface area (TPSA) is 12.5 Å². The molecule has 2 fully saturated rings. The maximum Gasteiger partial charge on any atom is 0.0698 e. The molecule has 0 aliphatic carbocycles. The summed E-state index contributed by atoms with van der Waals surface area (Å²) in [4.78, 5) is 2.77. The monoisotopic (exact) mass is 225 g/mol. The SMILES string of the molecule is COC(C)C1CCC2(C(C)(C)C)CCCN12. The number of ether oxygens (including phenoxy) is 1. The Hall–Kier alpha value is -0.0800. The van der Waals surface area contributed by atoms with Gasteiger partial charge in [0.2, 0.25) is 0 Å². The van der Waals surface area contributed by atoms with Crippen LogP contribution in [0.4, 0.5) is 0 Å². The fourth-order valence-corrected chi connectivity index (χ4v) is 4.02. The average Bonchev–Trinajstić information content (AvgIpc) is 2.73. The zero-order valence-corrected chi connectivity index (χ0v) is 11.5. The van der Waals surface area contributed by atoms with Gasteiger partial charge in [0.15, 0.2) is 0 Å². The summed E-state index contributed by atoms with van der Waals surface area (Å²) in [6.07, 6.45) is 5.79. The first kappa shape index (κ1) is 12.4. The van der Waals surface area contributed by atoms with Gasteiger partial charge in [-0.2, -0.15) is 0 Å². The molecule has 0 aromatic rings. The molecule has 94 valence electrons. The van der Waals surface area contributed by atoms with Crippen molar-refractivity contribution in [3.05, 3.63) is 0 Å². The van der Waals surface area contributed by atoms with Crippen molar-refractivity contribution in [2.45, 2.75) is 71.1 Å². The number of fused-ring (bicyclic) bond motifs is 1. The predicted octanol–water partition coefficient (Wildman–Crippen LogP) is 3.06. The highest BCUT2D eigenvalue weighted by molar-refractivity contribution is 5.11. The molecule has 2 aliphatic rings. The molecule has 2 nitrogen and oxygen atoms in total. The van der Waals surface area contributed by atoms with Gasteiger partial charge in [-0.1, -0.05) is 20.8 Å². The number of nitrogens with zero attached hydrogens (tertiary/aromatic N) is 1. The molecule has 0 saturated carbocycles. The van der Waals surface area contributed by atoms with Crippen LogP contribution in [-0.4, -0.2) is 36.2 Å². The highest BCUT2D eigenvalue weighted by atomic mass is 16.5. The highest BCUT2D eigenvalue weighted by Crippen LogP contribution is 2.52. The molecule has 2 aliphatic heterocycles. The van der Waals surface area contributed by atoms with E-state index in [-0.39, 0.29) is 0 Å². The summed E-state index contributed by atoms with van der Waals surface area (Å²) in [5.74, 6) is 0. The molecule has 0 radical (unpaired) electrons. The third kappa shape index (κ3) is 1.62. The third-order valence-corrected chi connectivity index (χ3v) is 5.10. The van der Waals surface area contributed by atoms with Crippen LogP contribution in [0.25, 0.3) is 0 Å². The maximum absolute atomic E-state index is 5.56. The molecular weight excluding hydrogens is 198 g/mol. The van der Waals surface area contributed by atoms with Crippen LogP contribution in [-0.2, 0) is 4.74 Å². The van der Waals surface area contributed by atoms with Gasteiger partial charge in [0.1, 0.15) is 0 Å². The van der Waals surface area contributed by atoms with E-state index in [1.54, 1.807) is 0 Å². The summed E-state index contributed by atoms with van der Waals surface area (Å²) in [5, 5.41) is 0. The van der Waals surface area contributed by atoms with Crippen LogP contribution >= 0.6 is 0 Å². The van der Waals surface area contributed by atoms with Crippen LogP contribution in [0.1, 0.15) is 53.4 Å². The van der Waals surface area contributed by atoms with E-state index in [2.05, 4.69) is 32.6 Å². The molecule has 0 aromatic heterocycles. The van der Waals surface area contributed by atoms with Crippen molar-refractivity contribution in [1.29, 1.82) is 0 Å². The Morgan fingerprint density at radius 3 is 2.56 bits per heavy atom. The smallest absolute Gasteiger partial charge is 0.0698 e. The zero-order chi connectivity index (χ0) is 12.0. The molecule has 2 saturated heterocycles. The van der Waals surface area contributed by atoms with Gasteiger partial charge in [0.25, 0.3) is 0 Å². The summed E-state index contributed by atoms with van der Waals surface area (Å²) in [6, 6.07) is 0.645. The van der Waals surface area contributed by atoms with Crippen molar-refractivity contribution >= 4 is 0 Å². The predicted molar refractivity (Wildman–Crippen MR) is 67.6 cm³/mol. The van der Waals surface area contributed by atoms with Gasteiger partial charge in [-0.3, -0.25) is 4.90 Å². The molecule has 0 aromatic carbocycles. The van der Waals surface area contributed by atoms with Gasteiger partial charge in [0.05, 0.1) is 6.10 Å². The van der Waals surface area contributed by atoms with Gasteiger partial charge in [-0.25, -0.2) is 0 Å². The summed E-state index contributed by atoms with van der Waals surface area (Å²) in [7, 11) is 1.85. The minimum absolute atomic E-state index is 0.377. The Balaban J connectivity index is 2.23. The Bertz CT molecular complexity index is 258. The van der Waals surface area contributed by atoms with Crippen molar-refractivity contribution in [3.8, 4) is 0 Å². The van der Waals surface area contributed by atoms with Crippen LogP contribution in [0.15, 0.2) is 0 Å². The highest BCUT2D eigenvalue weighted by Gasteiger charge is 2.56. The number of methoxy groups -OCH3 is 1. The molecule has 2 rings (SSSR count). The molecule has 0 spiro atoms. The van der Waals surface area contributed by atoms with Crippen LogP contribution in [0.5, 0.6) is 0 Å². The number of hydrogen-bond acceptors (Lipinski definition) is 2. The minimum Gasteiger partial charge on any atom is -0.380 e. The zero-order valence-electron chi connectivity index (χ0n) is 11.5. The minimum atomic E-state index is 0.377. The van der Waals surface area contributed by atoms with E-state index in [0.29, 0.717) is 23.1 Å². The molecule has 0 N–H and O–H groups in total. The molecule has 3 unspecified atom stereocenters. The molecule has 3 atom stereocenters. The van der Waals surface area contributed by atoms with Crippen molar-refractivity contribution < 1.29 is 4.74 Å². The summed E-state index contributed by atoms with van der Waals surface area (Å²) >= 11 is 0. The van der Waals surface area contributed by atoms with E-state index >= 15 is 0 Å². The lowest BCUT2D eigenvalue weighted by Gasteiger charge is -2.46. The first-order valence-electron chi connectivity index (χ1n) is 6.72. The first-order chi connectivity index (χ1) is 7.42. The molecular formula is C14H27NO. The Morgan fingerprint density at radius 2 is 2.00 bits per heavy atom. The quantitative estimate of drug-likeness (QED) is 0.716. The summed E-state index contributed by atoms with van der Waals surface area (Å²) < 4.78 is 5.56. The fourth-order valence-electron chi connectivity index (χ4n) is 4.02. The Labute approximate surface area is 100 Å². The lowest BCUT2D eigenvalue weighted by molar-refractivity contribution is -0.0106. The summed E-state index contributed by atoms with van der Waals surface area (Å²) in [6.45, 7) is 10.7. The van der Waals surface area contributed by atoms with Crippen molar-refractivity contribution in [3.63, 3.8) is 0 Å². The fraction of sp³-hybridized carbons (Fsp3) is 1.00. The van der Waals surface area contributed by atoms with E-state index in [1.807, 2.05) is 7.11 Å². The maximum atomic E-state index is 5.56. The average molecular weight is 225 g/mol. The lowest BCUT2D eigenvalue weighted by atomic mass is 9.71. The van der Waals surface area contributed by atoms with E-state index in [0.717, 1.165) is 0 Å². The summed E-state index contributed by atoms with van der Waals surface area (Å²) in [5.41, 5.74) is 0.843. The van der Waals surface area contributed by atoms with Gasteiger partial charge >= 0.3 is 0 Å². The second kappa shape index (κ2) is 3.99. The van der Waals surface area contributed by atoms with E-state index in [9.17, 15) is 0 Å². The number of rotatable bonds is 2. The lowest BCUT2D eigenvalue weighted by Crippen LogP contribution is -2.53. The first-order valence-corrected chi connectivity index (χ1v) is 6.72. The molecule has 0 amide bonds. The van der Waals surface area contributed by atoms with Gasteiger partial charge < -0.3 is 4.74 Å². The van der Waals surface area contributed by atoms with Crippen molar-refractivity contribution in [1.82, 2.24) is 4.90 Å². The van der Waals surface area contributed by atoms with Gasteiger partial charge in [-0.05, 0) is 44.6 Å². The number of hydrogen-bond donors (Lipinski definition) is 0. The van der Waals surface area contributed by atoms with E-state index < -0.39 is 0 Å². The van der Waals surface area contributed by atoms with Crippen molar-refractivity contribution in [2.24, 2.45) is 5.41 Å². The second-order valence-electron chi connectivity index (χ2n) is 6.63. The van der Waals surface area contributed by atoms with Crippen LogP contribution in [0.3, 0.4) is 0 Å². The molecule has 16 heavy (non-hydrogen) atoms. The second-order valence-corrected chi connectivity index (χ2v) is 6.63. The van der Waals surface area contributed by atoms with Crippen molar-refractivity contribution in [2.75, 3.05) is 13.7 Å². The third-order valence-electron chi connectivity index (χ3n) is 5.10. The largest absolute Gasteiger partial charge is 0.380 e. The Kier molecular flexibility index (Phi) is 3.09. The normalized spacial score (nSPS) is 37.7. The van der Waals surface area contributed by atoms with Crippen LogP contribution in [0.2, 0.25) is 0 Å². The molecule has 2 heterocycles. The van der Waals surface area contributed by atoms with Crippen LogP contribution < -0.4 is 0 Å². The van der Waals surface area contributed by atoms with E-state index in [4.69, 9.17) is 4.74 Å². The Morgan fingerprint density at radius 1 is 1.31 bits per heavy atom. The van der Waals surface area contributed by atoms with Gasteiger partial charge in [0, 0.05) is 18.7 Å².